The van der Waals surface area contributed by atoms with Crippen molar-refractivity contribution >= 4 is 21.6 Å². The molecule has 3 rings (SSSR count). The lowest BCUT2D eigenvalue weighted by Gasteiger charge is -2.24. The minimum absolute atomic E-state index is 0.125. The van der Waals surface area contributed by atoms with Crippen LogP contribution in [-0.4, -0.2) is 49.0 Å². The molecule has 0 aliphatic carbocycles. The van der Waals surface area contributed by atoms with Crippen molar-refractivity contribution in [1.82, 2.24) is 9.97 Å². The van der Waals surface area contributed by atoms with Crippen LogP contribution in [-0.2, 0) is 9.84 Å². The lowest BCUT2D eigenvalue weighted by Crippen LogP contribution is -2.27. The normalized spacial score (nSPS) is 18.4. The Morgan fingerprint density at radius 3 is 2.41 bits per heavy atom. The molecule has 2 aromatic rings. The van der Waals surface area contributed by atoms with Gasteiger partial charge >= 0.3 is 0 Å². The molecule has 146 valence electrons. The molecule has 0 radical (unpaired) electrons. The van der Waals surface area contributed by atoms with Gasteiger partial charge in [0.15, 0.2) is 9.84 Å². The average Bonchev–Trinajstić information content (AvgIpc) is 3.00. The number of sulfone groups is 1. The van der Waals surface area contributed by atoms with Crippen LogP contribution in [0.4, 0.5) is 11.8 Å². The first-order chi connectivity index (χ1) is 13.0. The lowest BCUT2D eigenvalue weighted by atomic mass is 10.1. The van der Waals surface area contributed by atoms with Crippen molar-refractivity contribution in [3.63, 3.8) is 0 Å². The largest absolute Gasteiger partial charge is 0.356 e. The second kappa shape index (κ2) is 8.69. The van der Waals surface area contributed by atoms with Crippen molar-refractivity contribution in [3.8, 4) is 11.3 Å². The molecule has 1 saturated heterocycles. The van der Waals surface area contributed by atoms with Gasteiger partial charge in [0.1, 0.15) is 5.82 Å². The van der Waals surface area contributed by atoms with E-state index in [1.165, 1.54) is 0 Å². The van der Waals surface area contributed by atoms with E-state index in [-0.39, 0.29) is 17.5 Å². The molecule has 1 fully saturated rings. The summed E-state index contributed by atoms with van der Waals surface area (Å²) in [7, 11) is -2.95. The van der Waals surface area contributed by atoms with Gasteiger partial charge in [-0.25, -0.2) is 13.4 Å². The Balaban J connectivity index is 1.95. The standard InChI is InChI=1S/C20H28N4O2S/c1-3-11-24(12-4-2)19-14-18(16-8-6-5-7-9-16)22-20(23-19)21-17-10-13-27(25,26)15-17/h5-9,14,17H,3-4,10-13,15H2,1-2H3,(H,21,22,23). The van der Waals surface area contributed by atoms with Gasteiger partial charge in [0.25, 0.3) is 0 Å². The van der Waals surface area contributed by atoms with E-state index in [9.17, 15) is 8.42 Å². The van der Waals surface area contributed by atoms with Gasteiger partial charge in [-0.05, 0) is 19.3 Å². The maximum Gasteiger partial charge on any atom is 0.225 e. The second-order valence-corrected chi connectivity index (χ2v) is 9.26. The maximum absolute atomic E-state index is 11.8. The van der Waals surface area contributed by atoms with E-state index in [0.29, 0.717) is 12.4 Å². The van der Waals surface area contributed by atoms with E-state index < -0.39 is 9.84 Å². The van der Waals surface area contributed by atoms with E-state index in [0.717, 1.165) is 43.0 Å². The van der Waals surface area contributed by atoms with Crippen molar-refractivity contribution in [3.05, 3.63) is 36.4 Å². The molecule has 27 heavy (non-hydrogen) atoms. The first-order valence-electron chi connectivity index (χ1n) is 9.67. The minimum Gasteiger partial charge on any atom is -0.356 e. The van der Waals surface area contributed by atoms with Crippen molar-refractivity contribution in [2.45, 2.75) is 39.2 Å². The van der Waals surface area contributed by atoms with Gasteiger partial charge in [0.2, 0.25) is 5.95 Å². The summed E-state index contributed by atoms with van der Waals surface area (Å²) in [5.41, 5.74) is 1.87. The number of benzene rings is 1. The molecule has 1 aliphatic rings. The van der Waals surface area contributed by atoms with Gasteiger partial charge in [0.05, 0.1) is 17.2 Å². The summed E-state index contributed by atoms with van der Waals surface area (Å²) in [5.74, 6) is 1.77. The first-order valence-corrected chi connectivity index (χ1v) is 11.5. The number of aromatic nitrogens is 2. The SMILES string of the molecule is CCCN(CCC)c1cc(-c2ccccc2)nc(NC2CCS(=O)(=O)C2)n1. The molecule has 1 unspecified atom stereocenters. The van der Waals surface area contributed by atoms with Gasteiger partial charge in [-0.1, -0.05) is 44.2 Å². The summed E-state index contributed by atoms with van der Waals surface area (Å²) in [6, 6.07) is 11.9. The zero-order valence-corrected chi connectivity index (χ0v) is 16.9. The summed E-state index contributed by atoms with van der Waals surface area (Å²) in [6.07, 6.45) is 2.67. The van der Waals surface area contributed by atoms with Crippen LogP contribution >= 0.6 is 0 Å². The fraction of sp³-hybridized carbons (Fsp3) is 0.500. The van der Waals surface area contributed by atoms with E-state index in [2.05, 4.69) is 29.0 Å². The highest BCUT2D eigenvalue weighted by Gasteiger charge is 2.28. The van der Waals surface area contributed by atoms with Gasteiger partial charge < -0.3 is 10.2 Å². The van der Waals surface area contributed by atoms with Crippen LogP contribution < -0.4 is 10.2 Å². The Labute approximate surface area is 162 Å². The summed E-state index contributed by atoms with van der Waals surface area (Å²) in [4.78, 5) is 11.7. The summed E-state index contributed by atoms with van der Waals surface area (Å²) < 4.78 is 23.6. The molecular formula is C20H28N4O2S. The van der Waals surface area contributed by atoms with Crippen LogP contribution in [0, 0.1) is 0 Å². The van der Waals surface area contributed by atoms with E-state index in [4.69, 9.17) is 4.98 Å². The third-order valence-electron chi connectivity index (χ3n) is 4.66. The van der Waals surface area contributed by atoms with Crippen molar-refractivity contribution in [1.29, 1.82) is 0 Å². The summed E-state index contributed by atoms with van der Waals surface area (Å²) in [6.45, 7) is 6.17. The molecule has 7 heteroatoms. The van der Waals surface area contributed by atoms with Crippen molar-refractivity contribution < 1.29 is 8.42 Å². The van der Waals surface area contributed by atoms with Gasteiger partial charge in [-0.3, -0.25) is 0 Å². The number of hydrogen-bond donors (Lipinski definition) is 1. The molecule has 0 bridgehead atoms. The molecule has 1 N–H and O–H groups in total. The Morgan fingerprint density at radius 2 is 1.81 bits per heavy atom. The minimum atomic E-state index is -2.95. The summed E-state index contributed by atoms with van der Waals surface area (Å²) >= 11 is 0. The number of nitrogens with one attached hydrogen (secondary N) is 1. The average molecular weight is 389 g/mol. The van der Waals surface area contributed by atoms with Crippen molar-refractivity contribution in [2.24, 2.45) is 0 Å². The van der Waals surface area contributed by atoms with Crippen LogP contribution in [0.15, 0.2) is 36.4 Å². The van der Waals surface area contributed by atoms with E-state index >= 15 is 0 Å². The Morgan fingerprint density at radius 1 is 1.11 bits per heavy atom. The van der Waals surface area contributed by atoms with Gasteiger partial charge in [-0.15, -0.1) is 0 Å². The van der Waals surface area contributed by atoms with E-state index in [1.54, 1.807) is 0 Å². The lowest BCUT2D eigenvalue weighted by molar-refractivity contribution is 0.602. The Bertz CT molecular complexity index is 850. The van der Waals surface area contributed by atoms with Crippen LogP contribution in [0.3, 0.4) is 0 Å². The highest BCUT2D eigenvalue weighted by molar-refractivity contribution is 7.91. The predicted octanol–water partition coefficient (Wildman–Crippen LogP) is 3.37. The highest BCUT2D eigenvalue weighted by atomic mass is 32.2. The van der Waals surface area contributed by atoms with Gasteiger partial charge in [0, 0.05) is 30.8 Å². The topological polar surface area (TPSA) is 75.2 Å². The van der Waals surface area contributed by atoms with Crippen LogP contribution in [0.5, 0.6) is 0 Å². The molecule has 1 aromatic heterocycles. The molecule has 0 spiro atoms. The van der Waals surface area contributed by atoms with Gasteiger partial charge in [-0.2, -0.15) is 4.98 Å². The molecule has 1 aliphatic heterocycles. The summed E-state index contributed by atoms with van der Waals surface area (Å²) in [5, 5.41) is 3.26. The maximum atomic E-state index is 11.8. The molecule has 1 aromatic carbocycles. The number of anilines is 2. The smallest absolute Gasteiger partial charge is 0.225 e. The zero-order chi connectivity index (χ0) is 19.3. The van der Waals surface area contributed by atoms with Crippen LogP contribution in [0.25, 0.3) is 11.3 Å². The number of nitrogens with zero attached hydrogens (tertiary/aromatic N) is 3. The molecular weight excluding hydrogens is 360 g/mol. The first kappa shape index (κ1) is 19.6. The highest BCUT2D eigenvalue weighted by Crippen LogP contribution is 2.25. The molecule has 1 atom stereocenters. The molecule has 2 heterocycles. The third kappa shape index (κ3) is 5.19. The van der Waals surface area contributed by atoms with Crippen molar-refractivity contribution in [2.75, 3.05) is 34.8 Å². The van der Waals surface area contributed by atoms with E-state index in [1.807, 2.05) is 36.4 Å². The number of hydrogen-bond acceptors (Lipinski definition) is 6. The fourth-order valence-electron chi connectivity index (χ4n) is 3.39. The van der Waals surface area contributed by atoms with Crippen LogP contribution in [0.1, 0.15) is 33.1 Å². The second-order valence-electron chi connectivity index (χ2n) is 7.03. The molecule has 6 nitrogen and oxygen atoms in total. The third-order valence-corrected chi connectivity index (χ3v) is 6.43. The molecule has 0 saturated carbocycles. The quantitative estimate of drug-likeness (QED) is 0.747. The Kier molecular flexibility index (Phi) is 6.31. The number of rotatable bonds is 8. The fourth-order valence-corrected chi connectivity index (χ4v) is 5.06. The zero-order valence-electron chi connectivity index (χ0n) is 16.1. The monoisotopic (exact) mass is 388 g/mol. The predicted molar refractivity (Wildman–Crippen MR) is 111 cm³/mol. The van der Waals surface area contributed by atoms with Crippen LogP contribution in [0.2, 0.25) is 0 Å². The Hall–Kier alpha value is -2.15. The molecule has 0 amide bonds.